The third-order valence-electron chi connectivity index (χ3n) is 6.84. The van der Waals surface area contributed by atoms with Crippen molar-refractivity contribution in [3.8, 4) is 0 Å². The van der Waals surface area contributed by atoms with Gasteiger partial charge in [0.15, 0.2) is 0 Å². The van der Waals surface area contributed by atoms with Crippen LogP contribution in [0.3, 0.4) is 0 Å². The highest BCUT2D eigenvalue weighted by atomic mass is 19.4. The molecule has 11 heteroatoms. The molecule has 3 aromatic rings. The second kappa shape index (κ2) is 11.4. The van der Waals surface area contributed by atoms with Gasteiger partial charge in [0.1, 0.15) is 5.82 Å². The molecule has 1 fully saturated rings. The number of rotatable bonds is 8. The summed E-state index contributed by atoms with van der Waals surface area (Å²) in [6.45, 7) is 0.989. The van der Waals surface area contributed by atoms with Gasteiger partial charge in [-0.15, -0.1) is 0 Å². The summed E-state index contributed by atoms with van der Waals surface area (Å²) in [5, 5.41) is 5.71. The first-order valence-electron chi connectivity index (χ1n) is 12.4. The van der Waals surface area contributed by atoms with Crippen molar-refractivity contribution >= 4 is 28.4 Å². The van der Waals surface area contributed by atoms with Gasteiger partial charge in [-0.3, -0.25) is 9.59 Å². The van der Waals surface area contributed by atoms with Crippen molar-refractivity contribution in [1.82, 2.24) is 14.8 Å². The Morgan fingerprint density at radius 1 is 1.16 bits per heavy atom. The molecule has 2 N–H and O–H groups in total. The number of carbonyl (C=O) groups excluding carboxylic acids is 2. The van der Waals surface area contributed by atoms with Crippen molar-refractivity contribution in [3.63, 3.8) is 0 Å². The van der Waals surface area contributed by atoms with Crippen LogP contribution in [-0.4, -0.2) is 54.8 Å². The number of ether oxygens (including phenoxy) is 1. The highest BCUT2D eigenvalue weighted by Gasteiger charge is 2.38. The summed E-state index contributed by atoms with van der Waals surface area (Å²) >= 11 is 0. The maximum Gasteiger partial charge on any atom is 0.471 e. The van der Waals surface area contributed by atoms with E-state index in [1.807, 2.05) is 28.1 Å². The number of hydrogen-bond acceptors (Lipinski definition) is 4. The largest absolute Gasteiger partial charge is 0.471 e. The fourth-order valence-electron chi connectivity index (χ4n) is 4.99. The second-order valence-corrected chi connectivity index (χ2v) is 9.23. The average molecular weight is 535 g/mol. The molecule has 1 unspecified atom stereocenters. The topological polar surface area (TPSA) is 75.6 Å². The molecule has 0 radical (unpaired) electrons. The van der Waals surface area contributed by atoms with Gasteiger partial charge in [0, 0.05) is 56.6 Å². The molecule has 204 valence electrons. The Bertz CT molecular complexity index is 1320. The molecule has 0 spiro atoms. The predicted molar refractivity (Wildman–Crippen MR) is 135 cm³/mol. The fourth-order valence-corrected chi connectivity index (χ4v) is 4.99. The first kappa shape index (κ1) is 27.4. The lowest BCUT2D eigenvalue weighted by Crippen LogP contribution is -2.39. The van der Waals surface area contributed by atoms with Crippen LogP contribution < -0.4 is 10.6 Å². The molecule has 7 nitrogen and oxygen atoms in total. The quantitative estimate of drug-likeness (QED) is 0.399. The van der Waals surface area contributed by atoms with Crippen LogP contribution in [0, 0.1) is 5.82 Å². The lowest BCUT2D eigenvalue weighted by Gasteiger charge is -2.36. The Morgan fingerprint density at radius 2 is 1.95 bits per heavy atom. The van der Waals surface area contributed by atoms with E-state index in [-0.39, 0.29) is 11.5 Å². The van der Waals surface area contributed by atoms with E-state index in [2.05, 4.69) is 5.32 Å². The van der Waals surface area contributed by atoms with Crippen LogP contribution in [0.25, 0.3) is 10.9 Å². The molecule has 1 aliphatic heterocycles. The monoisotopic (exact) mass is 534 g/mol. The third-order valence-corrected chi connectivity index (χ3v) is 6.84. The van der Waals surface area contributed by atoms with Gasteiger partial charge in [-0.2, -0.15) is 13.2 Å². The van der Waals surface area contributed by atoms with E-state index < -0.39 is 30.5 Å². The van der Waals surface area contributed by atoms with Crippen LogP contribution in [0.5, 0.6) is 0 Å². The summed E-state index contributed by atoms with van der Waals surface area (Å²) in [6, 6.07) is 9.02. The summed E-state index contributed by atoms with van der Waals surface area (Å²) in [5.41, 5.74) is 2.64. The predicted octanol–water partition coefficient (Wildman–Crippen LogP) is 5.01. The number of nitrogens with zero attached hydrogens (tertiary/aromatic N) is 2. The number of fused-ring (bicyclic) bond motifs is 1. The molecule has 0 aliphatic carbocycles. The number of halogens is 4. The van der Waals surface area contributed by atoms with E-state index in [1.165, 1.54) is 12.1 Å². The van der Waals surface area contributed by atoms with Gasteiger partial charge in [0.25, 0.3) is 5.91 Å². The number of methoxy groups -OCH3 is 1. The zero-order chi connectivity index (χ0) is 27.4. The van der Waals surface area contributed by atoms with Crippen molar-refractivity contribution in [2.75, 3.05) is 32.6 Å². The van der Waals surface area contributed by atoms with Gasteiger partial charge in [-0.1, -0.05) is 12.1 Å². The number of aromatic nitrogens is 1. The molecule has 2 aromatic carbocycles. The lowest BCUT2D eigenvalue weighted by atomic mass is 9.92. The number of nitrogens with one attached hydrogen (secondary N) is 2. The number of carbonyl (C=O) groups is 2. The SMILES string of the molecule is CNc1cccc2c1c(C(=O)N1CCCCC1c1cc(CNC(=O)C(F)(F)F)ccc1F)cn2CCOC. The van der Waals surface area contributed by atoms with Gasteiger partial charge < -0.3 is 24.8 Å². The number of amides is 2. The van der Waals surface area contributed by atoms with Crippen LogP contribution in [0.4, 0.5) is 23.2 Å². The normalized spacial score (nSPS) is 16.1. The highest BCUT2D eigenvalue weighted by molar-refractivity contribution is 6.11. The number of benzene rings is 2. The zero-order valence-corrected chi connectivity index (χ0v) is 21.2. The van der Waals surface area contributed by atoms with E-state index >= 15 is 4.39 Å². The van der Waals surface area contributed by atoms with Crippen LogP contribution in [0.1, 0.15) is 46.8 Å². The van der Waals surface area contributed by atoms with Crippen molar-refractivity contribution < 1.29 is 31.9 Å². The van der Waals surface area contributed by atoms with Crippen LogP contribution in [0.15, 0.2) is 42.6 Å². The van der Waals surface area contributed by atoms with E-state index in [9.17, 15) is 22.8 Å². The highest BCUT2D eigenvalue weighted by Crippen LogP contribution is 2.37. The number of hydrogen-bond donors (Lipinski definition) is 2. The van der Waals surface area contributed by atoms with Crippen LogP contribution in [-0.2, 0) is 22.6 Å². The Hall–Kier alpha value is -3.60. The first-order valence-corrected chi connectivity index (χ1v) is 12.4. The minimum atomic E-state index is -5.01. The molecular formula is C27H30F4N4O3. The van der Waals surface area contributed by atoms with Crippen molar-refractivity contribution in [1.29, 1.82) is 0 Å². The summed E-state index contributed by atoms with van der Waals surface area (Å²) in [4.78, 5) is 26.9. The molecule has 1 saturated heterocycles. The van der Waals surface area contributed by atoms with Gasteiger partial charge in [-0.25, -0.2) is 4.39 Å². The molecule has 2 heterocycles. The Morgan fingerprint density at radius 3 is 2.66 bits per heavy atom. The Labute approximate surface area is 217 Å². The van der Waals surface area contributed by atoms with Gasteiger partial charge in [-0.05, 0) is 49.1 Å². The molecule has 4 rings (SSSR count). The van der Waals surface area contributed by atoms with Crippen LogP contribution in [0.2, 0.25) is 0 Å². The van der Waals surface area contributed by atoms with Gasteiger partial charge >= 0.3 is 12.1 Å². The van der Waals surface area contributed by atoms with E-state index in [0.29, 0.717) is 37.2 Å². The number of piperidine rings is 1. The molecular weight excluding hydrogens is 504 g/mol. The summed E-state index contributed by atoms with van der Waals surface area (Å²) < 4.78 is 60.0. The van der Waals surface area contributed by atoms with Crippen LogP contribution >= 0.6 is 0 Å². The summed E-state index contributed by atoms with van der Waals surface area (Å²) in [7, 11) is 3.38. The Kier molecular flexibility index (Phi) is 8.25. The van der Waals surface area contributed by atoms with Gasteiger partial charge in [0.05, 0.1) is 23.7 Å². The first-order chi connectivity index (χ1) is 18.2. The maximum atomic E-state index is 15.1. The average Bonchev–Trinajstić information content (AvgIpc) is 3.29. The maximum absolute atomic E-state index is 15.1. The molecule has 1 aliphatic rings. The molecule has 0 bridgehead atoms. The van der Waals surface area contributed by atoms with E-state index in [4.69, 9.17) is 4.74 Å². The van der Waals surface area contributed by atoms with Crippen molar-refractivity contribution in [2.24, 2.45) is 0 Å². The zero-order valence-electron chi connectivity index (χ0n) is 21.2. The number of alkyl halides is 3. The third kappa shape index (κ3) is 5.62. The Balaban J connectivity index is 1.68. The molecule has 38 heavy (non-hydrogen) atoms. The lowest BCUT2D eigenvalue weighted by molar-refractivity contribution is -0.173. The molecule has 1 aromatic heterocycles. The minimum absolute atomic E-state index is 0.216. The second-order valence-electron chi connectivity index (χ2n) is 9.23. The summed E-state index contributed by atoms with van der Waals surface area (Å²) in [5.74, 6) is -2.88. The molecule has 2 amide bonds. The van der Waals surface area contributed by atoms with Crippen molar-refractivity contribution in [2.45, 2.75) is 44.6 Å². The number of likely N-dealkylation sites (tertiary alicyclic amines) is 1. The number of anilines is 1. The van der Waals surface area contributed by atoms with E-state index in [0.717, 1.165) is 35.5 Å². The summed E-state index contributed by atoms with van der Waals surface area (Å²) in [6.07, 6.45) is -1.21. The smallest absolute Gasteiger partial charge is 0.388 e. The van der Waals surface area contributed by atoms with Crippen molar-refractivity contribution in [3.05, 3.63) is 65.1 Å². The van der Waals surface area contributed by atoms with Gasteiger partial charge in [0.2, 0.25) is 0 Å². The molecule has 0 saturated carbocycles. The standard InChI is InChI=1S/C27H30F4N4O3/c1-32-21-6-5-8-23-24(21)19(16-34(23)12-13-38-2)25(36)35-11-4-3-7-22(35)18-14-17(9-10-20(18)28)15-33-26(37)27(29,30)31/h5-6,8-10,14,16,22,32H,3-4,7,11-13,15H2,1-2H3,(H,33,37). The fraction of sp³-hybridized carbons (Fsp3) is 0.407. The molecule has 1 atom stereocenters. The minimum Gasteiger partial charge on any atom is -0.388 e. The van der Waals surface area contributed by atoms with E-state index in [1.54, 1.807) is 25.3 Å².